The van der Waals surface area contributed by atoms with Crippen LogP contribution in [0.4, 0.5) is 10.3 Å². The third kappa shape index (κ3) is 3.40. The van der Waals surface area contributed by atoms with Crippen molar-refractivity contribution >= 4 is 16.0 Å². The summed E-state index contributed by atoms with van der Waals surface area (Å²) in [5, 5.41) is 0. The molecule has 0 fully saturated rings. The number of hydrogen-bond donors (Lipinski definition) is 0. The quantitative estimate of drug-likeness (QED) is 0.795. The summed E-state index contributed by atoms with van der Waals surface area (Å²) in [4.78, 5) is 4.57. The zero-order valence-electron chi connectivity index (χ0n) is 14.8. The molecule has 0 radical (unpaired) electrons. The van der Waals surface area contributed by atoms with E-state index < -0.39 is 10.0 Å². The number of hydrogen-bond acceptors (Lipinski definition) is 3. The molecule has 0 unspecified atom stereocenters. The molecule has 0 N–H and O–H groups in total. The number of sulfonamides is 1. The zero-order chi connectivity index (χ0) is 18.2. The molecule has 0 aliphatic rings. The molecule has 0 aliphatic carbocycles. The second kappa shape index (κ2) is 6.47. The Labute approximate surface area is 142 Å². The second-order valence-electron chi connectivity index (χ2n) is 6.22. The molecule has 2 rings (SSSR count). The van der Waals surface area contributed by atoms with Gasteiger partial charge >= 0.3 is 5.95 Å². The molecule has 0 saturated heterocycles. The molecule has 24 heavy (non-hydrogen) atoms. The van der Waals surface area contributed by atoms with Gasteiger partial charge in [-0.05, 0) is 31.2 Å². The molecule has 0 saturated carbocycles. The SMILES string of the molecule is Cc1c(-c2ccc(F)cc2)nc(N(C)S(C)(=O)=O)[n+](C)c1C(C)C. The largest absolute Gasteiger partial charge is 0.409 e. The van der Waals surface area contributed by atoms with Crippen molar-refractivity contribution < 1.29 is 17.4 Å². The molecule has 5 nitrogen and oxygen atoms in total. The molecule has 1 aromatic carbocycles. The van der Waals surface area contributed by atoms with Crippen LogP contribution < -0.4 is 8.87 Å². The molecule has 0 amide bonds. The van der Waals surface area contributed by atoms with Gasteiger partial charge in [0, 0.05) is 17.0 Å². The van der Waals surface area contributed by atoms with Crippen molar-refractivity contribution in [3.05, 3.63) is 41.3 Å². The lowest BCUT2D eigenvalue weighted by Gasteiger charge is -2.18. The van der Waals surface area contributed by atoms with Crippen LogP contribution in [-0.4, -0.2) is 26.7 Å². The summed E-state index contributed by atoms with van der Waals surface area (Å²) in [6, 6.07) is 6.05. The number of rotatable bonds is 4. The molecular weight excluding hydrogens is 329 g/mol. The highest BCUT2D eigenvalue weighted by molar-refractivity contribution is 7.92. The van der Waals surface area contributed by atoms with Crippen LogP contribution in [0.3, 0.4) is 0 Å². The van der Waals surface area contributed by atoms with Crippen molar-refractivity contribution in [3.8, 4) is 11.3 Å². The van der Waals surface area contributed by atoms with E-state index in [4.69, 9.17) is 0 Å². The Morgan fingerprint density at radius 1 is 1.21 bits per heavy atom. The van der Waals surface area contributed by atoms with Crippen LogP contribution in [0, 0.1) is 12.7 Å². The van der Waals surface area contributed by atoms with Crippen molar-refractivity contribution in [2.24, 2.45) is 7.05 Å². The van der Waals surface area contributed by atoms with Gasteiger partial charge in [0.25, 0.3) is 10.0 Å². The van der Waals surface area contributed by atoms with E-state index in [1.807, 2.05) is 20.8 Å². The van der Waals surface area contributed by atoms with Crippen molar-refractivity contribution in [3.63, 3.8) is 0 Å². The maximum absolute atomic E-state index is 13.2. The molecule has 0 spiro atoms. The van der Waals surface area contributed by atoms with Gasteiger partial charge in [-0.25, -0.2) is 8.96 Å². The van der Waals surface area contributed by atoms with Crippen molar-refractivity contribution in [1.29, 1.82) is 0 Å². The molecular formula is C17H23FN3O2S+. The minimum atomic E-state index is -3.45. The van der Waals surface area contributed by atoms with E-state index in [-0.39, 0.29) is 11.7 Å². The van der Waals surface area contributed by atoms with E-state index in [0.717, 1.165) is 27.4 Å². The van der Waals surface area contributed by atoms with E-state index in [2.05, 4.69) is 4.98 Å². The predicted octanol–water partition coefficient (Wildman–Crippen LogP) is 2.54. The van der Waals surface area contributed by atoms with Gasteiger partial charge in [0.1, 0.15) is 5.82 Å². The average Bonchev–Trinajstić information content (AvgIpc) is 2.47. The third-order valence-electron chi connectivity index (χ3n) is 4.06. The fraction of sp³-hybridized carbons (Fsp3) is 0.412. The molecule has 130 valence electrons. The first-order chi connectivity index (χ1) is 11.0. The summed E-state index contributed by atoms with van der Waals surface area (Å²) >= 11 is 0. The Balaban J connectivity index is 2.81. The first kappa shape index (κ1) is 18.3. The summed E-state index contributed by atoms with van der Waals surface area (Å²) < 4.78 is 40.1. The average molecular weight is 352 g/mol. The van der Waals surface area contributed by atoms with Crippen molar-refractivity contribution in [2.75, 3.05) is 17.6 Å². The monoisotopic (exact) mass is 352 g/mol. The van der Waals surface area contributed by atoms with Crippen LogP contribution >= 0.6 is 0 Å². The van der Waals surface area contributed by atoms with Crippen molar-refractivity contribution in [2.45, 2.75) is 26.7 Å². The fourth-order valence-electron chi connectivity index (χ4n) is 2.88. The molecule has 1 heterocycles. The van der Waals surface area contributed by atoms with E-state index in [1.54, 1.807) is 23.7 Å². The standard InChI is InChI=1S/C17H23FN3O2S/c1-11(2)16-12(3)15(13-7-9-14(18)10-8-13)19-17(20(16)4)21(5)24(6,22)23/h7-11H,1-6H3/q+1. The van der Waals surface area contributed by atoms with E-state index in [9.17, 15) is 12.8 Å². The molecule has 7 heteroatoms. The van der Waals surface area contributed by atoms with Crippen LogP contribution in [0.1, 0.15) is 31.0 Å². The Kier molecular flexibility index (Phi) is 4.94. The van der Waals surface area contributed by atoms with Crippen molar-refractivity contribution in [1.82, 2.24) is 4.98 Å². The van der Waals surface area contributed by atoms with Crippen LogP contribution in [0.15, 0.2) is 24.3 Å². The van der Waals surface area contributed by atoms with Crippen LogP contribution in [-0.2, 0) is 17.1 Å². The minimum absolute atomic E-state index is 0.170. The highest BCUT2D eigenvalue weighted by atomic mass is 32.2. The number of nitrogens with zero attached hydrogens (tertiary/aromatic N) is 3. The molecule has 1 aromatic heterocycles. The van der Waals surface area contributed by atoms with Gasteiger partial charge in [-0.3, -0.25) is 0 Å². The summed E-state index contributed by atoms with van der Waals surface area (Å²) in [5.41, 5.74) is 3.33. The molecule has 0 atom stereocenters. The minimum Gasteiger partial charge on any atom is -0.234 e. The Morgan fingerprint density at radius 2 is 1.75 bits per heavy atom. The smallest absolute Gasteiger partial charge is 0.234 e. The van der Waals surface area contributed by atoms with E-state index in [0.29, 0.717) is 11.6 Å². The highest BCUT2D eigenvalue weighted by Gasteiger charge is 2.30. The van der Waals surface area contributed by atoms with Gasteiger partial charge in [-0.1, -0.05) is 18.8 Å². The first-order valence-corrected chi connectivity index (χ1v) is 9.49. The van der Waals surface area contributed by atoms with E-state index >= 15 is 0 Å². The highest BCUT2D eigenvalue weighted by Crippen LogP contribution is 2.28. The number of anilines is 1. The first-order valence-electron chi connectivity index (χ1n) is 7.64. The van der Waals surface area contributed by atoms with Gasteiger partial charge in [-0.15, -0.1) is 0 Å². The van der Waals surface area contributed by atoms with Gasteiger partial charge in [0.15, 0.2) is 5.69 Å². The van der Waals surface area contributed by atoms with Crippen LogP contribution in [0.5, 0.6) is 0 Å². The summed E-state index contributed by atoms with van der Waals surface area (Å²) in [6.07, 6.45) is 1.14. The summed E-state index contributed by atoms with van der Waals surface area (Å²) in [6.45, 7) is 6.03. The lowest BCUT2D eigenvalue weighted by molar-refractivity contribution is -0.669. The molecule has 0 aliphatic heterocycles. The number of halogens is 1. The van der Waals surface area contributed by atoms with Crippen LogP contribution in [0.25, 0.3) is 11.3 Å². The Morgan fingerprint density at radius 3 is 2.21 bits per heavy atom. The zero-order valence-corrected chi connectivity index (χ0v) is 15.6. The Hall–Kier alpha value is -2.02. The number of aromatic nitrogens is 2. The molecule has 0 bridgehead atoms. The van der Waals surface area contributed by atoms with Gasteiger partial charge in [0.2, 0.25) is 0 Å². The maximum Gasteiger partial charge on any atom is 0.409 e. The summed E-state index contributed by atoms with van der Waals surface area (Å²) in [5.74, 6) is 0.172. The normalized spacial score (nSPS) is 11.8. The van der Waals surface area contributed by atoms with Gasteiger partial charge in [0.05, 0.1) is 26.0 Å². The fourth-order valence-corrected chi connectivity index (χ4v) is 3.34. The summed E-state index contributed by atoms with van der Waals surface area (Å²) in [7, 11) is -0.165. The lowest BCUT2D eigenvalue weighted by atomic mass is 9.99. The van der Waals surface area contributed by atoms with Gasteiger partial charge < -0.3 is 0 Å². The topological polar surface area (TPSA) is 54.2 Å². The number of benzene rings is 1. The predicted molar refractivity (Wildman–Crippen MR) is 92.9 cm³/mol. The van der Waals surface area contributed by atoms with Gasteiger partial charge in [-0.2, -0.15) is 12.7 Å². The van der Waals surface area contributed by atoms with E-state index in [1.165, 1.54) is 19.2 Å². The third-order valence-corrected chi connectivity index (χ3v) is 5.21. The Bertz CT molecular complexity index is 862. The lowest BCUT2D eigenvalue weighted by Crippen LogP contribution is -2.45. The van der Waals surface area contributed by atoms with Crippen LogP contribution in [0.2, 0.25) is 0 Å². The maximum atomic E-state index is 13.2. The molecule has 2 aromatic rings. The second-order valence-corrected chi connectivity index (χ2v) is 8.24.